The van der Waals surface area contributed by atoms with E-state index in [9.17, 15) is 8.78 Å². The van der Waals surface area contributed by atoms with E-state index in [1.807, 2.05) is 0 Å². The minimum Gasteiger partial charge on any atom is -0.488 e. The van der Waals surface area contributed by atoms with Crippen LogP contribution in [0.15, 0.2) is 18.2 Å². The van der Waals surface area contributed by atoms with E-state index in [4.69, 9.17) is 10.5 Å². The Morgan fingerprint density at radius 3 is 3.00 bits per heavy atom. The van der Waals surface area contributed by atoms with Gasteiger partial charge in [0.05, 0.1) is 10.2 Å². The van der Waals surface area contributed by atoms with Crippen LogP contribution >= 0.6 is 11.3 Å². The van der Waals surface area contributed by atoms with E-state index in [0.29, 0.717) is 10.9 Å². The predicted molar refractivity (Wildman–Crippen MR) is 55.5 cm³/mol. The molecular formula is C9H8F2N2OS. The van der Waals surface area contributed by atoms with Crippen LogP contribution in [0.3, 0.4) is 0 Å². The van der Waals surface area contributed by atoms with Crippen LogP contribution in [-0.4, -0.2) is 18.0 Å². The first-order valence-electron chi connectivity index (χ1n) is 4.22. The number of anilines is 1. The number of benzene rings is 1. The Morgan fingerprint density at radius 1 is 1.47 bits per heavy atom. The van der Waals surface area contributed by atoms with Crippen LogP contribution < -0.4 is 10.5 Å². The molecule has 3 nitrogen and oxygen atoms in total. The average molecular weight is 230 g/mol. The SMILES string of the molecule is Nc1nc2ccc(OCC(F)F)cc2s1. The molecule has 0 fully saturated rings. The van der Waals surface area contributed by atoms with Gasteiger partial charge in [0.15, 0.2) is 5.13 Å². The number of nitrogens with two attached hydrogens (primary N) is 1. The molecule has 0 unspecified atom stereocenters. The van der Waals surface area contributed by atoms with Gasteiger partial charge in [0.2, 0.25) is 0 Å². The van der Waals surface area contributed by atoms with E-state index in [1.54, 1.807) is 18.2 Å². The van der Waals surface area contributed by atoms with E-state index in [-0.39, 0.29) is 0 Å². The van der Waals surface area contributed by atoms with Crippen molar-refractivity contribution in [3.63, 3.8) is 0 Å². The number of nitrogens with zero attached hydrogens (tertiary/aromatic N) is 1. The van der Waals surface area contributed by atoms with E-state index >= 15 is 0 Å². The second-order valence-corrected chi connectivity index (χ2v) is 3.95. The van der Waals surface area contributed by atoms with Gasteiger partial charge in [-0.2, -0.15) is 0 Å². The lowest BCUT2D eigenvalue weighted by Crippen LogP contribution is -2.06. The Balaban J connectivity index is 2.22. The molecule has 0 saturated carbocycles. The summed E-state index contributed by atoms with van der Waals surface area (Å²) in [5.41, 5.74) is 6.26. The highest BCUT2D eigenvalue weighted by molar-refractivity contribution is 7.22. The van der Waals surface area contributed by atoms with Gasteiger partial charge in [0, 0.05) is 0 Å². The van der Waals surface area contributed by atoms with Crippen LogP contribution in [0.2, 0.25) is 0 Å². The van der Waals surface area contributed by atoms with Crippen LogP contribution in [0.5, 0.6) is 5.75 Å². The van der Waals surface area contributed by atoms with Gasteiger partial charge in [-0.1, -0.05) is 11.3 Å². The summed E-state index contributed by atoms with van der Waals surface area (Å²) in [7, 11) is 0. The molecular weight excluding hydrogens is 222 g/mol. The van der Waals surface area contributed by atoms with Gasteiger partial charge < -0.3 is 10.5 Å². The second-order valence-electron chi connectivity index (χ2n) is 2.88. The first-order chi connectivity index (χ1) is 7.15. The van der Waals surface area contributed by atoms with Crippen molar-refractivity contribution < 1.29 is 13.5 Å². The quantitative estimate of drug-likeness (QED) is 0.881. The summed E-state index contributed by atoms with van der Waals surface area (Å²) in [6.45, 7) is -0.597. The average Bonchev–Trinajstić information content (AvgIpc) is 2.53. The molecule has 2 aromatic rings. The molecule has 0 aliphatic rings. The number of hydrogen-bond acceptors (Lipinski definition) is 4. The predicted octanol–water partition coefficient (Wildman–Crippen LogP) is 2.52. The number of hydrogen-bond donors (Lipinski definition) is 1. The number of fused-ring (bicyclic) bond motifs is 1. The monoisotopic (exact) mass is 230 g/mol. The van der Waals surface area contributed by atoms with E-state index in [0.717, 1.165) is 10.2 Å². The fourth-order valence-corrected chi connectivity index (χ4v) is 1.93. The zero-order chi connectivity index (χ0) is 10.8. The zero-order valence-corrected chi connectivity index (χ0v) is 8.43. The lowest BCUT2D eigenvalue weighted by Gasteiger charge is -2.04. The van der Waals surface area contributed by atoms with Gasteiger partial charge in [0.1, 0.15) is 12.4 Å². The van der Waals surface area contributed by atoms with Gasteiger partial charge in [-0.15, -0.1) is 0 Å². The van der Waals surface area contributed by atoms with Crippen molar-refractivity contribution in [3.8, 4) is 5.75 Å². The third-order valence-electron chi connectivity index (χ3n) is 1.75. The number of thiazole rings is 1. The molecule has 0 amide bonds. The molecule has 0 aliphatic heterocycles. The molecule has 0 spiro atoms. The Morgan fingerprint density at radius 2 is 2.27 bits per heavy atom. The Labute approximate surface area is 88.5 Å². The fourth-order valence-electron chi connectivity index (χ4n) is 1.17. The van der Waals surface area contributed by atoms with Crippen LogP contribution in [-0.2, 0) is 0 Å². The van der Waals surface area contributed by atoms with Crippen LogP contribution in [0.1, 0.15) is 0 Å². The molecule has 80 valence electrons. The maximum absolute atomic E-state index is 11.9. The third-order valence-corrected chi connectivity index (χ3v) is 2.60. The molecule has 2 rings (SSSR count). The van der Waals surface area contributed by atoms with Gasteiger partial charge in [0.25, 0.3) is 6.43 Å². The maximum Gasteiger partial charge on any atom is 0.272 e. The van der Waals surface area contributed by atoms with E-state index < -0.39 is 13.0 Å². The summed E-state index contributed by atoms with van der Waals surface area (Å²) in [5, 5.41) is 0.455. The van der Waals surface area contributed by atoms with Crippen molar-refractivity contribution in [2.75, 3.05) is 12.3 Å². The number of rotatable bonds is 3. The van der Waals surface area contributed by atoms with Crippen molar-refractivity contribution in [3.05, 3.63) is 18.2 Å². The number of nitrogen functional groups attached to an aromatic ring is 1. The standard InChI is InChI=1S/C9H8F2N2OS/c10-8(11)4-14-5-1-2-6-7(3-5)15-9(12)13-6/h1-3,8H,4H2,(H2,12,13). The minimum absolute atomic E-state index is 0.409. The highest BCUT2D eigenvalue weighted by atomic mass is 32.1. The fraction of sp³-hybridized carbons (Fsp3) is 0.222. The Hall–Kier alpha value is -1.43. The summed E-state index contributed by atoms with van der Waals surface area (Å²) in [6, 6.07) is 4.96. The van der Waals surface area contributed by atoms with Crippen LogP contribution in [0.25, 0.3) is 10.2 Å². The van der Waals surface area contributed by atoms with Crippen molar-refractivity contribution in [2.45, 2.75) is 6.43 Å². The first kappa shape index (κ1) is 10.1. The summed E-state index contributed by atoms with van der Waals surface area (Å²) in [6.07, 6.45) is -2.47. The molecule has 0 bridgehead atoms. The van der Waals surface area contributed by atoms with Gasteiger partial charge in [-0.05, 0) is 18.2 Å². The van der Waals surface area contributed by atoms with Crippen molar-refractivity contribution in [1.29, 1.82) is 0 Å². The van der Waals surface area contributed by atoms with Crippen molar-refractivity contribution in [1.82, 2.24) is 4.98 Å². The van der Waals surface area contributed by atoms with Crippen LogP contribution in [0.4, 0.5) is 13.9 Å². The molecule has 6 heteroatoms. The van der Waals surface area contributed by atoms with E-state index in [2.05, 4.69) is 4.98 Å². The maximum atomic E-state index is 11.9. The van der Waals surface area contributed by atoms with Crippen molar-refractivity contribution >= 4 is 26.7 Å². The van der Waals surface area contributed by atoms with Gasteiger partial charge in [-0.25, -0.2) is 13.8 Å². The van der Waals surface area contributed by atoms with Crippen LogP contribution in [0, 0.1) is 0 Å². The summed E-state index contributed by atoms with van der Waals surface area (Å²) < 4.78 is 29.5. The smallest absolute Gasteiger partial charge is 0.272 e. The molecule has 1 aromatic heterocycles. The molecule has 15 heavy (non-hydrogen) atoms. The zero-order valence-electron chi connectivity index (χ0n) is 7.61. The summed E-state index contributed by atoms with van der Waals surface area (Å²) >= 11 is 1.30. The molecule has 0 atom stereocenters. The highest BCUT2D eigenvalue weighted by Crippen LogP contribution is 2.27. The number of halogens is 2. The van der Waals surface area contributed by atoms with E-state index in [1.165, 1.54) is 11.3 Å². The summed E-state index contributed by atoms with van der Waals surface area (Å²) in [5.74, 6) is 0.409. The lowest BCUT2D eigenvalue weighted by molar-refractivity contribution is 0.0820. The number of alkyl halides is 2. The summed E-state index contributed by atoms with van der Waals surface area (Å²) in [4.78, 5) is 4.04. The third kappa shape index (κ3) is 2.33. The largest absolute Gasteiger partial charge is 0.488 e. The normalized spacial score (nSPS) is 11.1. The topological polar surface area (TPSA) is 48.1 Å². The number of aromatic nitrogens is 1. The minimum atomic E-state index is -2.47. The van der Waals surface area contributed by atoms with Crippen molar-refractivity contribution in [2.24, 2.45) is 0 Å². The van der Waals surface area contributed by atoms with Gasteiger partial charge in [-0.3, -0.25) is 0 Å². The van der Waals surface area contributed by atoms with Gasteiger partial charge >= 0.3 is 0 Å². The molecule has 0 radical (unpaired) electrons. The molecule has 1 heterocycles. The first-order valence-corrected chi connectivity index (χ1v) is 5.04. The molecule has 0 saturated heterocycles. The highest BCUT2D eigenvalue weighted by Gasteiger charge is 2.06. The molecule has 0 aliphatic carbocycles. The number of ether oxygens (including phenoxy) is 1. The lowest BCUT2D eigenvalue weighted by atomic mass is 10.3. The Bertz CT molecular complexity index is 472. The second kappa shape index (κ2) is 3.98. The molecule has 2 N–H and O–H groups in total. The Kier molecular flexibility index (Phi) is 2.68. The molecule has 1 aromatic carbocycles.